The molecule has 0 radical (unpaired) electrons. The Morgan fingerprint density at radius 3 is 2.75 bits per heavy atom. The van der Waals surface area contributed by atoms with Crippen LogP contribution in [0.5, 0.6) is 5.75 Å². The summed E-state index contributed by atoms with van der Waals surface area (Å²) >= 11 is 0. The first-order chi connectivity index (χ1) is 11.5. The van der Waals surface area contributed by atoms with Crippen LogP contribution in [-0.2, 0) is 6.54 Å². The number of para-hydroxylation sites is 1. The molecule has 1 aromatic carbocycles. The second kappa shape index (κ2) is 7.39. The molecule has 1 atom stereocenters. The van der Waals surface area contributed by atoms with E-state index in [-0.39, 0.29) is 6.10 Å². The van der Waals surface area contributed by atoms with Crippen LogP contribution in [-0.4, -0.2) is 22.7 Å². The van der Waals surface area contributed by atoms with E-state index >= 15 is 0 Å². The molecule has 4 nitrogen and oxygen atoms in total. The Kier molecular flexibility index (Phi) is 5.24. The summed E-state index contributed by atoms with van der Waals surface area (Å²) in [7, 11) is 0. The largest absolute Gasteiger partial charge is 0.491 e. The summed E-state index contributed by atoms with van der Waals surface area (Å²) < 4.78 is 11.5. The summed E-state index contributed by atoms with van der Waals surface area (Å²) in [6, 6.07) is 10.8. The van der Waals surface area contributed by atoms with Crippen LogP contribution >= 0.6 is 0 Å². The minimum Gasteiger partial charge on any atom is -0.491 e. The van der Waals surface area contributed by atoms with Gasteiger partial charge in [-0.2, -0.15) is 0 Å². The van der Waals surface area contributed by atoms with Gasteiger partial charge in [0.2, 0.25) is 0 Å². The first-order valence-electron chi connectivity index (χ1n) is 8.99. The van der Waals surface area contributed by atoms with E-state index in [0.717, 1.165) is 36.7 Å². The number of ether oxygens (including phenoxy) is 1. The summed E-state index contributed by atoms with van der Waals surface area (Å²) in [6.07, 6.45) is 2.52. The molecule has 3 rings (SSSR count). The van der Waals surface area contributed by atoms with Gasteiger partial charge in [0.1, 0.15) is 17.2 Å². The molecule has 0 amide bonds. The van der Waals surface area contributed by atoms with E-state index in [4.69, 9.17) is 9.26 Å². The average molecular weight is 328 g/mol. The highest BCUT2D eigenvalue weighted by Crippen LogP contribution is 2.35. The number of aromatic nitrogens is 1. The van der Waals surface area contributed by atoms with Gasteiger partial charge in [-0.05, 0) is 39.3 Å². The van der Waals surface area contributed by atoms with Crippen molar-refractivity contribution in [3.63, 3.8) is 0 Å². The highest BCUT2D eigenvalue weighted by molar-refractivity contribution is 5.33. The van der Waals surface area contributed by atoms with E-state index in [2.05, 4.69) is 62.0 Å². The molecule has 0 saturated carbocycles. The van der Waals surface area contributed by atoms with Crippen molar-refractivity contribution >= 4 is 0 Å². The van der Waals surface area contributed by atoms with Crippen LogP contribution in [0, 0.1) is 0 Å². The van der Waals surface area contributed by atoms with E-state index in [0.29, 0.717) is 12.0 Å². The highest BCUT2D eigenvalue weighted by atomic mass is 16.5. The molecular weight excluding hydrogens is 300 g/mol. The Balaban J connectivity index is 1.76. The number of likely N-dealkylation sites (tertiary alicyclic amines) is 1. The molecule has 0 aliphatic carbocycles. The van der Waals surface area contributed by atoms with Crippen molar-refractivity contribution in [1.29, 1.82) is 0 Å². The standard InChI is InChI=1S/C20H28N2O2/c1-14(2)20-12-17(21-24-20)18-9-7-11-22(18)13-16-8-5-6-10-19(16)23-15(3)4/h5-6,8,10,12,14-15,18H,7,9,11,13H2,1-4H3/t18-/m0/s1. The van der Waals surface area contributed by atoms with Crippen LogP contribution < -0.4 is 4.74 Å². The molecule has 0 bridgehead atoms. The van der Waals surface area contributed by atoms with Crippen molar-refractivity contribution in [2.24, 2.45) is 0 Å². The zero-order valence-electron chi connectivity index (χ0n) is 15.2. The lowest BCUT2D eigenvalue weighted by atomic mass is 10.1. The average Bonchev–Trinajstić information content (AvgIpc) is 3.17. The first kappa shape index (κ1) is 17.0. The van der Waals surface area contributed by atoms with E-state index in [1.165, 1.54) is 12.0 Å². The number of nitrogens with zero attached hydrogens (tertiary/aromatic N) is 2. The Morgan fingerprint density at radius 1 is 1.25 bits per heavy atom. The summed E-state index contributed by atoms with van der Waals surface area (Å²) in [4.78, 5) is 2.49. The fourth-order valence-corrected chi connectivity index (χ4v) is 3.31. The topological polar surface area (TPSA) is 38.5 Å². The second-order valence-electron chi connectivity index (χ2n) is 7.21. The van der Waals surface area contributed by atoms with E-state index in [1.807, 2.05) is 6.07 Å². The number of benzene rings is 1. The van der Waals surface area contributed by atoms with Gasteiger partial charge in [-0.3, -0.25) is 4.90 Å². The highest BCUT2D eigenvalue weighted by Gasteiger charge is 2.29. The third-order valence-electron chi connectivity index (χ3n) is 4.53. The molecule has 1 aromatic heterocycles. The molecule has 1 saturated heterocycles. The van der Waals surface area contributed by atoms with Crippen LogP contribution in [0.1, 0.15) is 69.5 Å². The van der Waals surface area contributed by atoms with Gasteiger partial charge in [-0.15, -0.1) is 0 Å². The summed E-state index contributed by atoms with van der Waals surface area (Å²) in [5, 5.41) is 4.33. The van der Waals surface area contributed by atoms with Crippen LogP contribution in [0.3, 0.4) is 0 Å². The number of hydrogen-bond acceptors (Lipinski definition) is 4. The van der Waals surface area contributed by atoms with Gasteiger partial charge in [0.25, 0.3) is 0 Å². The normalized spacial score (nSPS) is 18.7. The second-order valence-corrected chi connectivity index (χ2v) is 7.21. The van der Waals surface area contributed by atoms with Crippen molar-refractivity contribution in [2.45, 2.75) is 65.1 Å². The Labute approximate surface area is 144 Å². The zero-order chi connectivity index (χ0) is 17.1. The zero-order valence-corrected chi connectivity index (χ0v) is 15.2. The van der Waals surface area contributed by atoms with Gasteiger partial charge < -0.3 is 9.26 Å². The van der Waals surface area contributed by atoms with E-state index < -0.39 is 0 Å². The van der Waals surface area contributed by atoms with Gasteiger partial charge in [0.15, 0.2) is 0 Å². The maximum absolute atomic E-state index is 5.97. The third-order valence-corrected chi connectivity index (χ3v) is 4.53. The van der Waals surface area contributed by atoms with Crippen LogP contribution in [0.2, 0.25) is 0 Å². The molecule has 0 spiro atoms. The Bertz CT molecular complexity index is 663. The summed E-state index contributed by atoms with van der Waals surface area (Å²) in [6.45, 7) is 10.4. The summed E-state index contributed by atoms with van der Waals surface area (Å²) in [5.74, 6) is 2.34. The molecule has 0 N–H and O–H groups in total. The predicted octanol–water partition coefficient (Wildman–Crippen LogP) is 4.92. The number of rotatable bonds is 6. The minimum absolute atomic E-state index is 0.185. The fourth-order valence-electron chi connectivity index (χ4n) is 3.31. The lowest BCUT2D eigenvalue weighted by molar-refractivity contribution is 0.216. The summed E-state index contributed by atoms with van der Waals surface area (Å²) in [5.41, 5.74) is 2.31. The van der Waals surface area contributed by atoms with Gasteiger partial charge in [-0.25, -0.2) is 0 Å². The smallest absolute Gasteiger partial charge is 0.139 e. The van der Waals surface area contributed by atoms with Crippen LogP contribution in [0.4, 0.5) is 0 Å². The monoisotopic (exact) mass is 328 g/mol. The van der Waals surface area contributed by atoms with Crippen molar-refractivity contribution < 1.29 is 9.26 Å². The lowest BCUT2D eigenvalue weighted by Gasteiger charge is -2.24. The minimum atomic E-state index is 0.185. The molecule has 130 valence electrons. The molecular formula is C20H28N2O2. The molecule has 4 heteroatoms. The van der Waals surface area contributed by atoms with Crippen molar-refractivity contribution in [3.05, 3.63) is 47.3 Å². The molecule has 0 unspecified atom stereocenters. The predicted molar refractivity (Wildman–Crippen MR) is 95.2 cm³/mol. The first-order valence-corrected chi connectivity index (χ1v) is 8.99. The SMILES string of the molecule is CC(C)Oc1ccccc1CN1CCC[C@H]1c1cc(C(C)C)on1. The maximum Gasteiger partial charge on any atom is 0.139 e. The maximum atomic E-state index is 5.97. The van der Waals surface area contributed by atoms with Crippen molar-refractivity contribution in [1.82, 2.24) is 10.1 Å². The van der Waals surface area contributed by atoms with Crippen molar-refractivity contribution in [2.75, 3.05) is 6.54 Å². The molecule has 2 aromatic rings. The lowest BCUT2D eigenvalue weighted by Crippen LogP contribution is -2.23. The third kappa shape index (κ3) is 3.81. The van der Waals surface area contributed by atoms with Crippen molar-refractivity contribution in [3.8, 4) is 5.75 Å². The molecule has 24 heavy (non-hydrogen) atoms. The Morgan fingerprint density at radius 2 is 2.04 bits per heavy atom. The van der Waals surface area contributed by atoms with Crippen LogP contribution in [0.25, 0.3) is 0 Å². The quantitative estimate of drug-likeness (QED) is 0.754. The van der Waals surface area contributed by atoms with Gasteiger partial charge >= 0.3 is 0 Å². The van der Waals surface area contributed by atoms with E-state index in [1.54, 1.807) is 0 Å². The van der Waals surface area contributed by atoms with Gasteiger partial charge in [0.05, 0.1) is 12.1 Å². The molecule has 2 heterocycles. The van der Waals surface area contributed by atoms with E-state index in [9.17, 15) is 0 Å². The van der Waals surface area contributed by atoms with Gasteiger partial charge in [-0.1, -0.05) is 37.2 Å². The molecule has 1 aliphatic rings. The Hall–Kier alpha value is -1.81. The number of hydrogen-bond donors (Lipinski definition) is 0. The fraction of sp³-hybridized carbons (Fsp3) is 0.550. The van der Waals surface area contributed by atoms with Gasteiger partial charge in [0, 0.05) is 24.1 Å². The van der Waals surface area contributed by atoms with Crippen LogP contribution in [0.15, 0.2) is 34.9 Å². The molecule has 1 fully saturated rings. The molecule has 1 aliphatic heterocycles.